The van der Waals surface area contributed by atoms with Crippen molar-refractivity contribution in [2.24, 2.45) is 0 Å². The maximum absolute atomic E-state index is 5.94. The van der Waals surface area contributed by atoms with E-state index in [0.29, 0.717) is 0 Å². The highest BCUT2D eigenvalue weighted by atomic mass is 32.1. The lowest BCUT2D eigenvalue weighted by molar-refractivity contribution is 0.0254. The number of pyridine rings is 2. The number of hydrogen-bond acceptors (Lipinski definition) is 8. The number of nitrogens with zero attached hydrogens (tertiary/aromatic N) is 3. The number of nitrogens with one attached hydrogen (secondary N) is 1. The van der Waals surface area contributed by atoms with E-state index in [9.17, 15) is 0 Å². The van der Waals surface area contributed by atoms with E-state index in [0.717, 1.165) is 59.9 Å². The Hall–Kier alpha value is -2.71. The summed E-state index contributed by atoms with van der Waals surface area (Å²) in [5, 5.41) is 5.93. The van der Waals surface area contributed by atoms with Crippen LogP contribution in [0.25, 0.3) is 11.4 Å². The van der Waals surface area contributed by atoms with Crippen LogP contribution in [0.3, 0.4) is 0 Å². The minimum Gasteiger partial charge on any atom is -0.495 e. The molecular weight excluding hydrogens is 364 g/mol. The van der Waals surface area contributed by atoms with E-state index in [2.05, 4.69) is 20.3 Å². The van der Waals surface area contributed by atoms with Gasteiger partial charge in [-0.05, 0) is 24.3 Å². The molecule has 8 heteroatoms. The van der Waals surface area contributed by atoms with Gasteiger partial charge in [-0.1, -0.05) is 0 Å². The average Bonchev–Trinajstić information content (AvgIpc) is 3.19. The standard InChI is InChI=1S/C19H20N4O3S/c1-24-14-2-4-16(20-10-14)17-12-27-19(22-17)23-18-5-3-15(11-21-18)26-13-6-8-25-9-7-13/h2-5,10-13H,6-9H2,1H3,(H,21,22,23). The van der Waals surface area contributed by atoms with Gasteiger partial charge in [-0.15, -0.1) is 11.3 Å². The predicted molar refractivity (Wildman–Crippen MR) is 104 cm³/mol. The molecular formula is C19H20N4O3S. The van der Waals surface area contributed by atoms with E-state index < -0.39 is 0 Å². The Balaban J connectivity index is 1.38. The van der Waals surface area contributed by atoms with Gasteiger partial charge in [-0.3, -0.25) is 4.98 Å². The van der Waals surface area contributed by atoms with Crippen LogP contribution in [0.1, 0.15) is 12.8 Å². The minimum absolute atomic E-state index is 0.206. The largest absolute Gasteiger partial charge is 0.495 e. The number of ether oxygens (including phenoxy) is 3. The molecule has 140 valence electrons. The molecule has 0 atom stereocenters. The molecule has 4 heterocycles. The Morgan fingerprint density at radius 3 is 2.56 bits per heavy atom. The molecule has 4 rings (SSSR count). The molecule has 0 bridgehead atoms. The van der Waals surface area contributed by atoms with Gasteiger partial charge in [-0.25, -0.2) is 9.97 Å². The number of thiazole rings is 1. The number of aromatic nitrogens is 3. The summed E-state index contributed by atoms with van der Waals surface area (Å²) in [4.78, 5) is 13.3. The third kappa shape index (κ3) is 4.53. The van der Waals surface area contributed by atoms with Crippen LogP contribution in [0.4, 0.5) is 10.9 Å². The van der Waals surface area contributed by atoms with Crippen LogP contribution in [-0.4, -0.2) is 41.4 Å². The van der Waals surface area contributed by atoms with Gasteiger partial charge in [-0.2, -0.15) is 0 Å². The summed E-state index contributed by atoms with van der Waals surface area (Å²) in [5.74, 6) is 2.22. The van der Waals surface area contributed by atoms with Gasteiger partial charge < -0.3 is 19.5 Å². The fourth-order valence-corrected chi connectivity index (χ4v) is 3.43. The second-order valence-electron chi connectivity index (χ2n) is 6.05. The van der Waals surface area contributed by atoms with Crippen LogP contribution in [0.5, 0.6) is 11.5 Å². The Morgan fingerprint density at radius 2 is 1.85 bits per heavy atom. The van der Waals surface area contributed by atoms with Gasteiger partial charge in [0.2, 0.25) is 0 Å². The normalized spacial score (nSPS) is 14.7. The fourth-order valence-electron chi connectivity index (χ4n) is 2.72. The lowest BCUT2D eigenvalue weighted by Crippen LogP contribution is -2.25. The van der Waals surface area contributed by atoms with Crippen molar-refractivity contribution in [1.29, 1.82) is 0 Å². The first-order valence-electron chi connectivity index (χ1n) is 8.73. The zero-order chi connectivity index (χ0) is 18.5. The van der Waals surface area contributed by atoms with E-state index in [1.165, 1.54) is 11.3 Å². The molecule has 27 heavy (non-hydrogen) atoms. The second-order valence-corrected chi connectivity index (χ2v) is 6.91. The highest BCUT2D eigenvalue weighted by Crippen LogP contribution is 2.27. The third-order valence-electron chi connectivity index (χ3n) is 4.18. The van der Waals surface area contributed by atoms with Gasteiger partial charge in [0.05, 0.1) is 38.4 Å². The van der Waals surface area contributed by atoms with Crippen LogP contribution in [-0.2, 0) is 4.74 Å². The molecule has 1 fully saturated rings. The summed E-state index contributed by atoms with van der Waals surface area (Å²) in [6, 6.07) is 7.57. The molecule has 1 saturated heterocycles. The fraction of sp³-hybridized carbons (Fsp3) is 0.316. The molecule has 0 aromatic carbocycles. The summed E-state index contributed by atoms with van der Waals surface area (Å²) in [5.41, 5.74) is 1.61. The van der Waals surface area contributed by atoms with Crippen LogP contribution in [0.2, 0.25) is 0 Å². The van der Waals surface area contributed by atoms with Crippen molar-refractivity contribution < 1.29 is 14.2 Å². The van der Waals surface area contributed by atoms with Gasteiger partial charge >= 0.3 is 0 Å². The van der Waals surface area contributed by atoms with E-state index in [1.807, 2.05) is 29.6 Å². The maximum Gasteiger partial charge on any atom is 0.188 e. The van der Waals surface area contributed by atoms with E-state index >= 15 is 0 Å². The van der Waals surface area contributed by atoms with Gasteiger partial charge in [0, 0.05) is 18.2 Å². The topological polar surface area (TPSA) is 78.4 Å². The molecule has 0 spiro atoms. The Kier molecular flexibility index (Phi) is 5.45. The smallest absolute Gasteiger partial charge is 0.188 e. The number of methoxy groups -OCH3 is 1. The number of hydrogen-bond donors (Lipinski definition) is 1. The molecule has 0 aliphatic carbocycles. The summed E-state index contributed by atoms with van der Waals surface area (Å²) in [7, 11) is 1.62. The molecule has 1 N–H and O–H groups in total. The number of anilines is 2. The van der Waals surface area contributed by atoms with E-state index in [1.54, 1.807) is 19.5 Å². The summed E-state index contributed by atoms with van der Waals surface area (Å²) >= 11 is 1.50. The van der Waals surface area contributed by atoms with Crippen molar-refractivity contribution in [3.8, 4) is 22.9 Å². The van der Waals surface area contributed by atoms with Crippen molar-refractivity contribution >= 4 is 22.3 Å². The molecule has 0 saturated carbocycles. The summed E-state index contributed by atoms with van der Waals surface area (Å²) < 4.78 is 16.4. The third-order valence-corrected chi connectivity index (χ3v) is 4.94. The molecule has 3 aromatic heterocycles. The predicted octanol–water partition coefficient (Wildman–Crippen LogP) is 3.91. The first-order valence-corrected chi connectivity index (χ1v) is 9.61. The molecule has 7 nitrogen and oxygen atoms in total. The van der Waals surface area contributed by atoms with Crippen molar-refractivity contribution in [1.82, 2.24) is 15.0 Å². The maximum atomic E-state index is 5.94. The van der Waals surface area contributed by atoms with Crippen LogP contribution >= 0.6 is 11.3 Å². The molecule has 1 aliphatic heterocycles. The zero-order valence-electron chi connectivity index (χ0n) is 14.9. The van der Waals surface area contributed by atoms with Crippen LogP contribution in [0, 0.1) is 0 Å². The van der Waals surface area contributed by atoms with E-state index in [-0.39, 0.29) is 6.10 Å². The van der Waals surface area contributed by atoms with Crippen LogP contribution in [0.15, 0.2) is 42.0 Å². The Morgan fingerprint density at radius 1 is 1.04 bits per heavy atom. The van der Waals surface area contributed by atoms with Crippen molar-refractivity contribution in [3.05, 3.63) is 42.0 Å². The summed E-state index contributed by atoms with van der Waals surface area (Å²) in [6.45, 7) is 1.51. The van der Waals surface area contributed by atoms with Gasteiger partial charge in [0.1, 0.15) is 29.1 Å². The molecule has 0 radical (unpaired) electrons. The van der Waals surface area contributed by atoms with Crippen molar-refractivity contribution in [3.63, 3.8) is 0 Å². The van der Waals surface area contributed by atoms with Gasteiger partial charge in [0.15, 0.2) is 5.13 Å². The molecule has 1 aliphatic rings. The second kappa shape index (κ2) is 8.32. The van der Waals surface area contributed by atoms with E-state index in [4.69, 9.17) is 14.2 Å². The average molecular weight is 384 g/mol. The Labute approximate surface area is 161 Å². The zero-order valence-corrected chi connectivity index (χ0v) is 15.7. The van der Waals surface area contributed by atoms with Crippen molar-refractivity contribution in [2.45, 2.75) is 18.9 Å². The summed E-state index contributed by atoms with van der Waals surface area (Å²) in [6.07, 6.45) is 5.46. The Bertz CT molecular complexity index is 861. The van der Waals surface area contributed by atoms with Crippen molar-refractivity contribution in [2.75, 3.05) is 25.6 Å². The van der Waals surface area contributed by atoms with Gasteiger partial charge in [0.25, 0.3) is 0 Å². The van der Waals surface area contributed by atoms with Crippen LogP contribution < -0.4 is 14.8 Å². The highest BCUT2D eigenvalue weighted by molar-refractivity contribution is 7.14. The lowest BCUT2D eigenvalue weighted by atomic mass is 10.1. The molecule has 0 unspecified atom stereocenters. The quantitative estimate of drug-likeness (QED) is 0.690. The monoisotopic (exact) mass is 384 g/mol. The first kappa shape index (κ1) is 17.7. The molecule has 3 aromatic rings. The molecule has 0 amide bonds. The minimum atomic E-state index is 0.206. The highest BCUT2D eigenvalue weighted by Gasteiger charge is 2.15. The first-order chi connectivity index (χ1) is 13.3. The SMILES string of the molecule is COc1ccc(-c2csc(Nc3ccc(OC4CCOCC4)cn3)n2)nc1. The lowest BCUT2D eigenvalue weighted by Gasteiger charge is -2.23. The number of rotatable bonds is 6.